The van der Waals surface area contributed by atoms with Crippen LogP contribution in [-0.2, 0) is 0 Å². The van der Waals surface area contributed by atoms with Crippen LogP contribution in [0.5, 0.6) is 69.0 Å². The van der Waals surface area contributed by atoms with Crippen LogP contribution < -0.4 is 56.2 Å². The van der Waals surface area contributed by atoms with Gasteiger partial charge in [-0.1, -0.05) is 36.4 Å². The van der Waals surface area contributed by atoms with Gasteiger partial charge in [-0.25, -0.2) is 0 Å². The minimum absolute atomic E-state index is 0.272. The van der Waals surface area contributed by atoms with Crippen LogP contribution in [0.3, 0.4) is 0 Å². The number of nitrogens with zero attached hydrogens (tertiary/aromatic N) is 3. The monoisotopic (exact) mass is 957 g/mol. The molecule has 1 heterocycles. The number of methoxy groups -OCH3 is 6. The largest absolute Gasteiger partial charge is 0.493 e. The summed E-state index contributed by atoms with van der Waals surface area (Å²) in [5, 5.41) is 0. The Balaban J connectivity index is 1.62. The summed E-state index contributed by atoms with van der Waals surface area (Å²) in [4.78, 5) is 14.1. The van der Waals surface area contributed by atoms with Crippen LogP contribution in [-0.4, -0.2) is 51.9 Å². The molecule has 0 amide bonds. The Labute approximate surface area is 388 Å². The highest BCUT2D eigenvalue weighted by Crippen LogP contribution is 2.79. The van der Waals surface area contributed by atoms with E-state index in [-0.39, 0.29) is 17.2 Å². The molecule has 6 aromatic carbocycles. The zero-order valence-corrected chi connectivity index (χ0v) is 41.7. The third-order valence-corrected chi connectivity index (χ3v) is 16.7. The van der Waals surface area contributed by atoms with Crippen LogP contribution >= 0.6 is 24.6 Å². The van der Waals surface area contributed by atoms with Gasteiger partial charge in [0.05, 0.1) is 42.7 Å². The summed E-state index contributed by atoms with van der Waals surface area (Å²) in [6.45, 7) is 11.7. The second-order valence-corrected chi connectivity index (χ2v) is 20.6. The minimum atomic E-state index is -4.29. The van der Waals surface area contributed by atoms with Crippen molar-refractivity contribution in [2.75, 3.05) is 42.7 Å². The maximum Gasteiger partial charge on any atom is 0.447 e. The standard InChI is InChI=1S/C48H54N3O12P3/c1-31-13-19-37(43(25-31)52-7)58-50-64(60-39-21-15-33(3)27-45(39)54-9)49-66(62-41-23-17-35(5)29-47(41)56-11,63-42-24-18-36(6)30-48(42)57-12)51(59-38-20-14-32(2)26-44(38)53-8)65(50)61-40-22-16-34(4)28-46(40)55-10/h13-30H,1-12H3. The van der Waals surface area contributed by atoms with Crippen molar-refractivity contribution in [3.63, 3.8) is 0 Å². The Kier molecular flexibility index (Phi) is 15.3. The number of hydrogen-bond acceptors (Lipinski definition) is 15. The summed E-state index contributed by atoms with van der Waals surface area (Å²) in [5.74, 6) is 4.31. The molecule has 15 nitrogen and oxygen atoms in total. The molecule has 0 saturated carbocycles. The van der Waals surface area contributed by atoms with Crippen molar-refractivity contribution >= 4 is 24.6 Å². The molecule has 0 spiro atoms. The minimum Gasteiger partial charge on any atom is -0.493 e. The number of hydrogen-bond donors (Lipinski definition) is 0. The van der Waals surface area contributed by atoms with Crippen molar-refractivity contribution < 1.29 is 56.2 Å². The fourth-order valence-corrected chi connectivity index (χ4v) is 14.0. The van der Waals surface area contributed by atoms with Gasteiger partial charge in [0.15, 0.2) is 69.0 Å². The summed E-state index contributed by atoms with van der Waals surface area (Å²) in [6, 6.07) is 33.3. The van der Waals surface area contributed by atoms with Gasteiger partial charge in [-0.2, -0.15) is 0 Å². The lowest BCUT2D eigenvalue weighted by Gasteiger charge is -2.44. The molecule has 1 aliphatic rings. The van der Waals surface area contributed by atoms with Gasteiger partial charge < -0.3 is 56.2 Å². The molecular weight excluding hydrogens is 903 g/mol. The quantitative estimate of drug-likeness (QED) is 0.0757. The Hall–Kier alpha value is -6.07. The molecule has 0 radical (unpaired) electrons. The molecule has 2 unspecified atom stereocenters. The number of benzene rings is 6. The van der Waals surface area contributed by atoms with E-state index in [1.54, 1.807) is 79.1 Å². The predicted molar refractivity (Wildman–Crippen MR) is 257 cm³/mol. The Morgan fingerprint density at radius 1 is 0.364 bits per heavy atom. The second-order valence-electron chi connectivity index (χ2n) is 15.1. The number of rotatable bonds is 18. The first-order chi connectivity index (χ1) is 31.8. The lowest BCUT2D eigenvalue weighted by molar-refractivity contribution is 0.0506. The van der Waals surface area contributed by atoms with Crippen molar-refractivity contribution in [3.05, 3.63) is 143 Å². The van der Waals surface area contributed by atoms with E-state index in [0.29, 0.717) is 51.7 Å². The van der Waals surface area contributed by atoms with Gasteiger partial charge in [-0.15, -0.1) is 4.52 Å². The zero-order valence-electron chi connectivity index (χ0n) is 39.0. The van der Waals surface area contributed by atoms with Crippen molar-refractivity contribution in [2.45, 2.75) is 41.5 Å². The average Bonchev–Trinajstić information content (AvgIpc) is 3.31. The number of aryl methyl sites for hydroxylation is 6. The van der Waals surface area contributed by atoms with Crippen LogP contribution in [0.15, 0.2) is 114 Å². The number of ether oxygens (including phenoxy) is 6. The van der Waals surface area contributed by atoms with Crippen LogP contribution in [0.25, 0.3) is 0 Å². The van der Waals surface area contributed by atoms with Crippen molar-refractivity contribution in [3.8, 4) is 69.0 Å². The van der Waals surface area contributed by atoms with Crippen molar-refractivity contribution in [1.29, 1.82) is 0 Å². The summed E-state index contributed by atoms with van der Waals surface area (Å²) in [5.41, 5.74) is 5.59. The highest BCUT2D eigenvalue weighted by molar-refractivity contribution is 7.78. The molecule has 6 aromatic rings. The molecule has 0 aliphatic carbocycles. The highest BCUT2D eigenvalue weighted by Gasteiger charge is 2.59. The lowest BCUT2D eigenvalue weighted by atomic mass is 10.2. The molecule has 7 rings (SSSR count). The van der Waals surface area contributed by atoms with E-state index in [2.05, 4.69) is 0 Å². The third kappa shape index (κ3) is 10.6. The van der Waals surface area contributed by atoms with E-state index in [0.717, 1.165) is 33.4 Å². The van der Waals surface area contributed by atoms with Crippen LogP contribution in [0.4, 0.5) is 0 Å². The molecule has 66 heavy (non-hydrogen) atoms. The summed E-state index contributed by atoms with van der Waals surface area (Å²) in [6.07, 6.45) is 0. The molecule has 0 fully saturated rings. The first-order valence-corrected chi connectivity index (χ1v) is 24.5. The molecule has 0 bridgehead atoms. The van der Waals surface area contributed by atoms with Crippen molar-refractivity contribution in [2.24, 2.45) is 4.52 Å². The molecule has 0 saturated heterocycles. The topological polar surface area (TPSA) is 130 Å². The maximum atomic E-state index is 7.29. The summed E-state index contributed by atoms with van der Waals surface area (Å²) >= 11 is 0. The Morgan fingerprint density at radius 3 is 1.05 bits per heavy atom. The van der Waals surface area contributed by atoms with Crippen LogP contribution in [0.2, 0.25) is 0 Å². The molecule has 1 aliphatic heterocycles. The zero-order chi connectivity index (χ0) is 47.1. The van der Waals surface area contributed by atoms with Crippen LogP contribution in [0, 0.1) is 41.5 Å². The second kappa shape index (κ2) is 21.0. The SMILES string of the molecule is COc1cc(C)ccc1ON1P(Oc2ccc(C)cc2OC)N=P(Oc2ccc(C)cc2OC)(Oc2ccc(C)cc2OC)N(Oc2ccc(C)cc2OC)P1Oc1ccc(C)cc1OC. The smallest absolute Gasteiger partial charge is 0.447 e. The predicted octanol–water partition coefficient (Wildman–Crippen LogP) is 13.2. The van der Waals surface area contributed by atoms with E-state index >= 15 is 0 Å². The molecule has 0 N–H and O–H groups in total. The molecule has 2 atom stereocenters. The maximum absolute atomic E-state index is 7.29. The van der Waals surface area contributed by atoms with Gasteiger partial charge >= 0.3 is 24.6 Å². The average molecular weight is 958 g/mol. The van der Waals surface area contributed by atoms with E-state index in [1.165, 1.54) is 9.21 Å². The fourth-order valence-electron chi connectivity index (χ4n) is 6.51. The van der Waals surface area contributed by atoms with Gasteiger partial charge in [0.1, 0.15) is 0 Å². The van der Waals surface area contributed by atoms with Gasteiger partial charge in [-0.3, -0.25) is 0 Å². The van der Waals surface area contributed by atoms with Gasteiger partial charge in [0.25, 0.3) is 0 Å². The summed E-state index contributed by atoms with van der Waals surface area (Å²) < 4.78 is 72.8. The summed E-state index contributed by atoms with van der Waals surface area (Å²) in [7, 11) is 0.0717. The van der Waals surface area contributed by atoms with E-state index in [4.69, 9.17) is 60.7 Å². The molecule has 0 aromatic heterocycles. The fraction of sp³-hybridized carbons (Fsp3) is 0.250. The normalized spacial score (nSPS) is 15.7. The van der Waals surface area contributed by atoms with E-state index < -0.39 is 24.6 Å². The van der Waals surface area contributed by atoms with Gasteiger partial charge in [0.2, 0.25) is 0 Å². The van der Waals surface area contributed by atoms with Gasteiger partial charge in [-0.05, 0) is 148 Å². The third-order valence-electron chi connectivity index (χ3n) is 9.91. The molecule has 348 valence electrons. The Bertz CT molecular complexity index is 2680. The molecular formula is C48H54N3O12P3. The van der Waals surface area contributed by atoms with E-state index in [1.807, 2.05) is 114 Å². The van der Waals surface area contributed by atoms with E-state index in [9.17, 15) is 0 Å². The molecule has 18 heteroatoms. The van der Waals surface area contributed by atoms with Crippen LogP contribution in [0.1, 0.15) is 33.4 Å². The highest BCUT2D eigenvalue weighted by atomic mass is 31.3. The van der Waals surface area contributed by atoms with Crippen molar-refractivity contribution in [1.82, 2.24) is 9.21 Å². The lowest BCUT2D eigenvalue weighted by Crippen LogP contribution is -2.37. The first kappa shape index (κ1) is 47.9. The Morgan fingerprint density at radius 2 is 0.667 bits per heavy atom. The first-order valence-electron chi connectivity index (χ1n) is 20.6. The van der Waals surface area contributed by atoms with Gasteiger partial charge in [0, 0.05) is 9.21 Å².